The second-order valence-corrected chi connectivity index (χ2v) is 9.44. The van der Waals surface area contributed by atoms with Crippen LogP contribution in [0.5, 0.6) is 0 Å². The van der Waals surface area contributed by atoms with E-state index in [9.17, 15) is 20.2 Å². The molecule has 1 atom stereocenters. The minimum absolute atomic E-state index is 0.0735. The summed E-state index contributed by atoms with van der Waals surface area (Å²) in [6.45, 7) is 6.52. The molecule has 0 aromatic heterocycles. The molecule has 1 aliphatic rings. The Kier molecular flexibility index (Phi) is 6.07. The Bertz CT molecular complexity index is 962. The number of allylic oxidation sites excluding steroid dienone is 1. The molecular weight excluding hydrogens is 388 g/mol. The quantitative estimate of drug-likeness (QED) is 0.412. The maximum absolute atomic E-state index is 11.5. The molecule has 1 unspecified atom stereocenters. The van der Waals surface area contributed by atoms with Gasteiger partial charge in [-0.1, -0.05) is 51.1 Å². The molecule has 6 nitrogen and oxygen atoms in total. The van der Waals surface area contributed by atoms with Gasteiger partial charge in [-0.15, -0.1) is 11.8 Å². The predicted molar refractivity (Wildman–Crippen MR) is 116 cm³/mol. The number of nitro benzene ring substituents is 2. The molecule has 0 saturated carbocycles. The largest absolute Gasteiger partial charge is 0.289 e. The molecule has 29 heavy (non-hydrogen) atoms. The Hall–Kier alpha value is -2.67. The first-order chi connectivity index (χ1) is 13.7. The highest BCUT2D eigenvalue weighted by Gasteiger charge is 2.26. The second-order valence-electron chi connectivity index (χ2n) is 8.19. The molecule has 0 saturated heterocycles. The Morgan fingerprint density at radius 3 is 2.28 bits per heavy atom. The molecule has 152 valence electrons. The van der Waals surface area contributed by atoms with E-state index in [-0.39, 0.29) is 22.0 Å². The zero-order valence-corrected chi connectivity index (χ0v) is 17.6. The number of rotatable bonds is 5. The predicted octanol–water partition coefficient (Wildman–Crippen LogP) is 6.53. The van der Waals surface area contributed by atoms with E-state index in [0.29, 0.717) is 4.90 Å². The SMILES string of the molecule is CC(C)(C)c1ccc(C2=CCCCC2Sc2ccc([N+](=O)[O-])cc2[N+](=O)[O-])cc1. The normalized spacial score (nSPS) is 16.9. The number of hydrogen-bond acceptors (Lipinski definition) is 5. The number of nitrogens with zero attached hydrogens (tertiary/aromatic N) is 2. The Labute approximate surface area is 174 Å². The summed E-state index contributed by atoms with van der Waals surface area (Å²) in [7, 11) is 0. The van der Waals surface area contributed by atoms with Crippen molar-refractivity contribution in [2.45, 2.75) is 55.6 Å². The average Bonchev–Trinajstić information content (AvgIpc) is 2.68. The molecule has 2 aromatic carbocycles. The third-order valence-corrected chi connectivity index (χ3v) is 6.46. The van der Waals surface area contributed by atoms with Crippen LogP contribution in [0.1, 0.15) is 51.2 Å². The van der Waals surface area contributed by atoms with Crippen LogP contribution < -0.4 is 0 Å². The highest BCUT2D eigenvalue weighted by atomic mass is 32.2. The van der Waals surface area contributed by atoms with Gasteiger partial charge in [0.15, 0.2) is 0 Å². The standard InChI is InChI=1S/C22H24N2O4S/c1-22(2,3)16-10-8-15(9-11-16)18-6-4-5-7-20(18)29-21-13-12-17(23(25)26)14-19(21)24(27)28/h6,8-14,20H,4-5,7H2,1-3H3. The zero-order chi connectivity index (χ0) is 21.2. The first-order valence-corrected chi connectivity index (χ1v) is 10.5. The first-order valence-electron chi connectivity index (χ1n) is 9.57. The highest BCUT2D eigenvalue weighted by molar-refractivity contribution is 8.00. The fourth-order valence-corrected chi connectivity index (χ4v) is 4.80. The minimum atomic E-state index is -0.607. The van der Waals surface area contributed by atoms with E-state index in [1.165, 1.54) is 35.0 Å². The van der Waals surface area contributed by atoms with E-state index in [0.717, 1.165) is 30.9 Å². The lowest BCUT2D eigenvalue weighted by atomic mass is 9.85. The van der Waals surface area contributed by atoms with Gasteiger partial charge >= 0.3 is 0 Å². The minimum Gasteiger partial charge on any atom is -0.258 e. The van der Waals surface area contributed by atoms with Crippen molar-refractivity contribution in [3.8, 4) is 0 Å². The van der Waals surface area contributed by atoms with Gasteiger partial charge in [-0.05, 0) is 47.4 Å². The van der Waals surface area contributed by atoms with Gasteiger partial charge in [-0.3, -0.25) is 20.2 Å². The molecule has 0 radical (unpaired) electrons. The van der Waals surface area contributed by atoms with Gasteiger partial charge in [0.25, 0.3) is 11.4 Å². The second kappa shape index (κ2) is 8.37. The first kappa shape index (κ1) is 21.0. The zero-order valence-electron chi connectivity index (χ0n) is 16.8. The smallest absolute Gasteiger partial charge is 0.258 e. The van der Waals surface area contributed by atoms with Crippen LogP contribution in [0, 0.1) is 20.2 Å². The fourth-order valence-electron chi connectivity index (χ4n) is 3.45. The molecule has 3 rings (SSSR count). The molecule has 1 aliphatic carbocycles. The van der Waals surface area contributed by atoms with Crippen molar-refractivity contribution >= 4 is 28.7 Å². The molecule has 0 fully saturated rings. The highest BCUT2D eigenvalue weighted by Crippen LogP contribution is 2.43. The van der Waals surface area contributed by atoms with Crippen molar-refractivity contribution in [3.63, 3.8) is 0 Å². The van der Waals surface area contributed by atoms with Gasteiger partial charge in [0.2, 0.25) is 0 Å². The number of hydrogen-bond donors (Lipinski definition) is 0. The van der Waals surface area contributed by atoms with Crippen LogP contribution in [0.4, 0.5) is 11.4 Å². The number of thioether (sulfide) groups is 1. The lowest BCUT2D eigenvalue weighted by Gasteiger charge is -2.25. The average molecular weight is 413 g/mol. The molecule has 2 aromatic rings. The Balaban J connectivity index is 1.90. The molecule has 0 heterocycles. The molecule has 0 bridgehead atoms. The maximum Gasteiger partial charge on any atom is 0.289 e. The fraction of sp³-hybridized carbons (Fsp3) is 0.364. The van der Waals surface area contributed by atoms with Crippen LogP contribution in [-0.4, -0.2) is 15.1 Å². The number of benzene rings is 2. The summed E-state index contributed by atoms with van der Waals surface area (Å²) in [5.41, 5.74) is 3.16. The van der Waals surface area contributed by atoms with Crippen molar-refractivity contribution < 1.29 is 9.85 Å². The van der Waals surface area contributed by atoms with Crippen LogP contribution in [0.2, 0.25) is 0 Å². The van der Waals surface area contributed by atoms with Gasteiger partial charge in [0, 0.05) is 11.3 Å². The van der Waals surface area contributed by atoms with Gasteiger partial charge in [-0.2, -0.15) is 0 Å². The van der Waals surface area contributed by atoms with Crippen LogP contribution >= 0.6 is 11.8 Å². The summed E-state index contributed by atoms with van der Waals surface area (Å²) in [5, 5.41) is 22.5. The molecular formula is C22H24N2O4S. The van der Waals surface area contributed by atoms with Gasteiger partial charge < -0.3 is 0 Å². The van der Waals surface area contributed by atoms with Gasteiger partial charge in [0.1, 0.15) is 0 Å². The lowest BCUT2D eigenvalue weighted by Crippen LogP contribution is -2.13. The summed E-state index contributed by atoms with van der Waals surface area (Å²) in [6.07, 6.45) is 5.12. The van der Waals surface area contributed by atoms with Crippen LogP contribution in [0.25, 0.3) is 5.57 Å². The summed E-state index contributed by atoms with van der Waals surface area (Å²) < 4.78 is 0. The van der Waals surface area contributed by atoms with Crippen molar-refractivity contribution in [1.29, 1.82) is 0 Å². The summed E-state index contributed by atoms with van der Waals surface area (Å²) in [6, 6.07) is 12.4. The maximum atomic E-state index is 11.5. The lowest BCUT2D eigenvalue weighted by molar-refractivity contribution is -0.396. The molecule has 0 aliphatic heterocycles. The van der Waals surface area contributed by atoms with E-state index in [1.54, 1.807) is 0 Å². The van der Waals surface area contributed by atoms with Gasteiger partial charge in [0.05, 0.1) is 20.8 Å². The number of non-ortho nitro benzene ring substituents is 1. The molecule has 7 heteroatoms. The Morgan fingerprint density at radius 2 is 1.69 bits per heavy atom. The van der Waals surface area contributed by atoms with E-state index >= 15 is 0 Å². The summed E-state index contributed by atoms with van der Waals surface area (Å²) >= 11 is 1.42. The third-order valence-electron chi connectivity index (χ3n) is 5.09. The van der Waals surface area contributed by atoms with Crippen molar-refractivity contribution in [2.24, 2.45) is 0 Å². The van der Waals surface area contributed by atoms with E-state index in [4.69, 9.17) is 0 Å². The van der Waals surface area contributed by atoms with Crippen molar-refractivity contribution in [3.05, 3.63) is 79.9 Å². The summed E-state index contributed by atoms with van der Waals surface area (Å²) in [5.74, 6) is 0. The Morgan fingerprint density at radius 1 is 1.00 bits per heavy atom. The van der Waals surface area contributed by atoms with Crippen LogP contribution in [0.15, 0.2) is 53.4 Å². The molecule has 0 amide bonds. The number of nitro groups is 2. The van der Waals surface area contributed by atoms with Crippen LogP contribution in [0.3, 0.4) is 0 Å². The van der Waals surface area contributed by atoms with Crippen molar-refractivity contribution in [1.82, 2.24) is 0 Å². The topological polar surface area (TPSA) is 86.3 Å². The monoisotopic (exact) mass is 412 g/mol. The molecule has 0 spiro atoms. The van der Waals surface area contributed by atoms with E-state index < -0.39 is 9.85 Å². The van der Waals surface area contributed by atoms with Gasteiger partial charge in [-0.25, -0.2) is 0 Å². The third kappa shape index (κ3) is 4.85. The van der Waals surface area contributed by atoms with Crippen LogP contribution in [-0.2, 0) is 5.41 Å². The van der Waals surface area contributed by atoms with Crippen molar-refractivity contribution in [2.75, 3.05) is 0 Å². The summed E-state index contributed by atoms with van der Waals surface area (Å²) in [4.78, 5) is 21.8. The van der Waals surface area contributed by atoms with E-state index in [1.807, 2.05) is 0 Å². The molecule has 0 N–H and O–H groups in total. The van der Waals surface area contributed by atoms with E-state index in [2.05, 4.69) is 51.1 Å².